The molecule has 0 radical (unpaired) electrons. The SMILES string of the molecule is CCNC(=NCC(C)(O)CN1CCOCC1)NCC(F)F. The molecule has 1 heterocycles. The van der Waals surface area contributed by atoms with Crippen molar-refractivity contribution in [2.75, 3.05) is 52.5 Å². The third-order valence-corrected chi connectivity index (χ3v) is 3.01. The van der Waals surface area contributed by atoms with Gasteiger partial charge < -0.3 is 20.5 Å². The number of ether oxygens (including phenoxy) is 1. The van der Waals surface area contributed by atoms with Crippen molar-refractivity contribution in [2.24, 2.45) is 4.99 Å². The van der Waals surface area contributed by atoms with Crippen LogP contribution in [0.1, 0.15) is 13.8 Å². The van der Waals surface area contributed by atoms with Crippen LogP contribution in [-0.4, -0.2) is 80.5 Å². The molecule has 1 unspecified atom stereocenters. The number of aliphatic hydroxyl groups is 1. The largest absolute Gasteiger partial charge is 0.387 e. The topological polar surface area (TPSA) is 69.1 Å². The molecule has 3 N–H and O–H groups in total. The number of halogens is 2. The molecule has 0 aliphatic carbocycles. The number of hydrogen-bond acceptors (Lipinski definition) is 4. The third-order valence-electron chi connectivity index (χ3n) is 3.01. The van der Waals surface area contributed by atoms with Crippen LogP contribution >= 0.6 is 0 Å². The average Bonchev–Trinajstić information content (AvgIpc) is 2.42. The predicted molar refractivity (Wildman–Crippen MR) is 77.9 cm³/mol. The summed E-state index contributed by atoms with van der Waals surface area (Å²) in [7, 11) is 0. The van der Waals surface area contributed by atoms with Crippen LogP contribution in [0.4, 0.5) is 8.78 Å². The van der Waals surface area contributed by atoms with Gasteiger partial charge in [0, 0.05) is 26.2 Å². The molecule has 1 rings (SSSR count). The van der Waals surface area contributed by atoms with Crippen LogP contribution in [0.15, 0.2) is 4.99 Å². The zero-order valence-electron chi connectivity index (χ0n) is 12.7. The molecule has 124 valence electrons. The first-order valence-electron chi connectivity index (χ1n) is 7.26. The van der Waals surface area contributed by atoms with Crippen molar-refractivity contribution in [1.29, 1.82) is 0 Å². The molecule has 0 bridgehead atoms. The maximum Gasteiger partial charge on any atom is 0.255 e. The molecule has 0 aromatic carbocycles. The van der Waals surface area contributed by atoms with Gasteiger partial charge in [0.05, 0.1) is 31.9 Å². The molecule has 1 aliphatic rings. The lowest BCUT2D eigenvalue weighted by Gasteiger charge is -2.33. The van der Waals surface area contributed by atoms with Gasteiger partial charge in [-0.15, -0.1) is 0 Å². The Balaban J connectivity index is 2.46. The first-order valence-corrected chi connectivity index (χ1v) is 7.26. The van der Waals surface area contributed by atoms with E-state index in [2.05, 4.69) is 20.5 Å². The summed E-state index contributed by atoms with van der Waals surface area (Å²) in [6.07, 6.45) is -2.44. The van der Waals surface area contributed by atoms with Gasteiger partial charge in [0.15, 0.2) is 5.96 Å². The van der Waals surface area contributed by atoms with Gasteiger partial charge >= 0.3 is 0 Å². The average molecular weight is 308 g/mol. The van der Waals surface area contributed by atoms with Crippen molar-refractivity contribution in [1.82, 2.24) is 15.5 Å². The van der Waals surface area contributed by atoms with Crippen LogP contribution in [0.2, 0.25) is 0 Å². The second kappa shape index (κ2) is 9.11. The minimum Gasteiger partial charge on any atom is -0.387 e. The highest BCUT2D eigenvalue weighted by Gasteiger charge is 2.25. The molecule has 1 aliphatic heterocycles. The predicted octanol–water partition coefficient (Wildman–Crippen LogP) is -0.110. The van der Waals surface area contributed by atoms with Crippen molar-refractivity contribution >= 4 is 5.96 Å². The Kier molecular flexibility index (Phi) is 7.84. The molecule has 0 spiro atoms. The quantitative estimate of drug-likeness (QED) is 0.452. The minimum absolute atomic E-state index is 0.142. The summed E-state index contributed by atoms with van der Waals surface area (Å²) in [6.45, 7) is 7.17. The lowest BCUT2D eigenvalue weighted by atomic mass is 10.1. The zero-order chi connectivity index (χ0) is 15.7. The van der Waals surface area contributed by atoms with Crippen molar-refractivity contribution in [2.45, 2.75) is 25.9 Å². The van der Waals surface area contributed by atoms with Crippen LogP contribution in [0.5, 0.6) is 0 Å². The number of β-amino-alcohol motifs (C(OH)–C–C–N with tert-alkyl or cyclic N) is 1. The first-order chi connectivity index (χ1) is 9.93. The number of guanidine groups is 1. The van der Waals surface area contributed by atoms with Gasteiger partial charge in [-0.1, -0.05) is 0 Å². The van der Waals surface area contributed by atoms with Crippen molar-refractivity contribution in [3.63, 3.8) is 0 Å². The summed E-state index contributed by atoms with van der Waals surface area (Å²) in [6, 6.07) is 0. The number of nitrogens with zero attached hydrogens (tertiary/aromatic N) is 2. The van der Waals surface area contributed by atoms with Gasteiger partial charge in [-0.05, 0) is 13.8 Å². The van der Waals surface area contributed by atoms with Gasteiger partial charge in [-0.2, -0.15) is 0 Å². The van der Waals surface area contributed by atoms with E-state index in [1.807, 2.05) is 6.92 Å². The normalized spacial score (nSPS) is 20.4. The highest BCUT2D eigenvalue weighted by atomic mass is 19.3. The Morgan fingerprint density at radius 1 is 1.38 bits per heavy atom. The van der Waals surface area contributed by atoms with Gasteiger partial charge in [0.25, 0.3) is 6.43 Å². The number of morpholine rings is 1. The van der Waals surface area contributed by atoms with Crippen LogP contribution in [-0.2, 0) is 4.74 Å². The van der Waals surface area contributed by atoms with E-state index < -0.39 is 18.6 Å². The lowest BCUT2D eigenvalue weighted by Crippen LogP contribution is -2.48. The molecule has 8 heteroatoms. The van der Waals surface area contributed by atoms with Crippen molar-refractivity contribution < 1.29 is 18.6 Å². The third kappa shape index (κ3) is 8.13. The number of hydrogen-bond donors (Lipinski definition) is 3. The van der Waals surface area contributed by atoms with Crippen LogP contribution < -0.4 is 10.6 Å². The van der Waals surface area contributed by atoms with Gasteiger partial charge in [-0.3, -0.25) is 9.89 Å². The molecular weight excluding hydrogens is 282 g/mol. The molecule has 1 atom stereocenters. The number of alkyl halides is 2. The first kappa shape index (κ1) is 18.1. The molecule has 0 aromatic heterocycles. The molecule has 21 heavy (non-hydrogen) atoms. The van der Waals surface area contributed by atoms with Crippen LogP contribution in [0.25, 0.3) is 0 Å². The fraction of sp³-hybridized carbons (Fsp3) is 0.923. The Hall–Kier alpha value is -0.990. The summed E-state index contributed by atoms with van der Waals surface area (Å²) in [5.74, 6) is 0.292. The van der Waals surface area contributed by atoms with E-state index in [4.69, 9.17) is 4.74 Å². The second-order valence-corrected chi connectivity index (χ2v) is 5.35. The monoisotopic (exact) mass is 308 g/mol. The summed E-state index contributed by atoms with van der Waals surface area (Å²) in [5.41, 5.74) is -1.01. The maximum absolute atomic E-state index is 12.2. The highest BCUT2D eigenvalue weighted by molar-refractivity contribution is 5.79. The molecule has 0 amide bonds. The van der Waals surface area contributed by atoms with E-state index in [0.717, 1.165) is 13.1 Å². The molecule has 1 fully saturated rings. The number of rotatable bonds is 7. The highest BCUT2D eigenvalue weighted by Crippen LogP contribution is 2.09. The Morgan fingerprint density at radius 2 is 2.05 bits per heavy atom. The molecule has 1 saturated heterocycles. The minimum atomic E-state index is -2.44. The Labute approximate surface area is 124 Å². The van der Waals surface area contributed by atoms with E-state index in [9.17, 15) is 13.9 Å². The molecule has 0 aromatic rings. The fourth-order valence-corrected chi connectivity index (χ4v) is 2.06. The van der Waals surface area contributed by atoms with Gasteiger partial charge in [0.2, 0.25) is 0 Å². The van der Waals surface area contributed by atoms with Crippen LogP contribution in [0, 0.1) is 0 Å². The van der Waals surface area contributed by atoms with E-state index in [0.29, 0.717) is 32.3 Å². The smallest absolute Gasteiger partial charge is 0.255 e. The van der Waals surface area contributed by atoms with Crippen molar-refractivity contribution in [3.05, 3.63) is 0 Å². The van der Waals surface area contributed by atoms with E-state index in [-0.39, 0.29) is 6.54 Å². The number of aliphatic imine (C=N–C) groups is 1. The van der Waals surface area contributed by atoms with E-state index in [1.54, 1.807) is 6.92 Å². The Morgan fingerprint density at radius 3 is 2.62 bits per heavy atom. The molecule has 0 saturated carbocycles. The summed E-state index contributed by atoms with van der Waals surface area (Å²) in [4.78, 5) is 6.29. The number of nitrogens with one attached hydrogen (secondary N) is 2. The summed E-state index contributed by atoms with van der Waals surface area (Å²) in [5, 5.41) is 15.8. The lowest BCUT2D eigenvalue weighted by molar-refractivity contribution is -0.0180. The van der Waals surface area contributed by atoms with E-state index in [1.165, 1.54) is 0 Å². The maximum atomic E-state index is 12.2. The van der Waals surface area contributed by atoms with Gasteiger partial charge in [-0.25, -0.2) is 8.78 Å². The second-order valence-electron chi connectivity index (χ2n) is 5.35. The molecular formula is C13H26F2N4O2. The summed E-state index contributed by atoms with van der Waals surface area (Å²) >= 11 is 0. The van der Waals surface area contributed by atoms with Crippen molar-refractivity contribution in [3.8, 4) is 0 Å². The standard InChI is InChI=1S/C13H26F2N4O2/c1-3-16-12(17-8-11(14)15)18-9-13(2,20)10-19-4-6-21-7-5-19/h11,20H,3-10H2,1-2H3,(H2,16,17,18). The van der Waals surface area contributed by atoms with E-state index >= 15 is 0 Å². The Bertz CT molecular complexity index is 321. The summed E-state index contributed by atoms with van der Waals surface area (Å²) < 4.78 is 29.7. The zero-order valence-corrected chi connectivity index (χ0v) is 12.7. The fourth-order valence-electron chi connectivity index (χ4n) is 2.06. The molecule has 6 nitrogen and oxygen atoms in total. The van der Waals surface area contributed by atoms with Crippen LogP contribution in [0.3, 0.4) is 0 Å². The van der Waals surface area contributed by atoms with Gasteiger partial charge in [0.1, 0.15) is 0 Å².